The van der Waals surface area contributed by atoms with Gasteiger partial charge in [-0.05, 0) is 40.6 Å². The van der Waals surface area contributed by atoms with Crippen molar-refractivity contribution in [1.82, 2.24) is 4.98 Å². The standard InChI is InChI=1S/C10H9BrN2S2/c1-6-7(4-9(11)15-6)2-3-8-5-14-10(12)13-8/h2-5H,1H3,(H2,12,13). The smallest absolute Gasteiger partial charge is 0.180 e. The molecular weight excluding hydrogens is 292 g/mol. The molecule has 0 radical (unpaired) electrons. The van der Waals surface area contributed by atoms with Gasteiger partial charge in [0.15, 0.2) is 5.13 Å². The first-order valence-electron chi connectivity index (χ1n) is 4.30. The third-order valence-electron chi connectivity index (χ3n) is 1.90. The van der Waals surface area contributed by atoms with Crippen LogP contribution in [0.5, 0.6) is 0 Å². The second-order valence-corrected chi connectivity index (χ2v) is 6.53. The molecule has 2 aromatic heterocycles. The maximum Gasteiger partial charge on any atom is 0.180 e. The average Bonchev–Trinajstić information content (AvgIpc) is 2.70. The summed E-state index contributed by atoms with van der Waals surface area (Å²) >= 11 is 6.65. The Labute approximate surface area is 105 Å². The molecule has 0 spiro atoms. The molecule has 0 aliphatic heterocycles. The topological polar surface area (TPSA) is 38.9 Å². The first-order chi connectivity index (χ1) is 7.15. The van der Waals surface area contributed by atoms with Gasteiger partial charge in [0.1, 0.15) is 0 Å². The third-order valence-corrected chi connectivity index (χ3v) is 4.16. The Morgan fingerprint density at radius 1 is 1.47 bits per heavy atom. The number of thiophene rings is 1. The molecule has 5 heteroatoms. The molecule has 0 saturated heterocycles. The largest absolute Gasteiger partial charge is 0.375 e. The minimum atomic E-state index is 0.609. The van der Waals surface area contributed by atoms with Crippen molar-refractivity contribution in [2.24, 2.45) is 0 Å². The van der Waals surface area contributed by atoms with Crippen molar-refractivity contribution < 1.29 is 0 Å². The molecule has 0 fully saturated rings. The Kier molecular flexibility index (Phi) is 3.23. The summed E-state index contributed by atoms with van der Waals surface area (Å²) in [4.78, 5) is 5.46. The van der Waals surface area contributed by atoms with Gasteiger partial charge in [0.25, 0.3) is 0 Å². The van der Waals surface area contributed by atoms with Gasteiger partial charge in [-0.1, -0.05) is 6.08 Å². The molecule has 0 aromatic carbocycles. The van der Waals surface area contributed by atoms with Crippen LogP contribution in [0.4, 0.5) is 5.13 Å². The van der Waals surface area contributed by atoms with Crippen molar-refractivity contribution in [2.45, 2.75) is 6.92 Å². The van der Waals surface area contributed by atoms with Crippen molar-refractivity contribution >= 4 is 55.9 Å². The van der Waals surface area contributed by atoms with Crippen LogP contribution in [0.3, 0.4) is 0 Å². The van der Waals surface area contributed by atoms with E-state index in [-0.39, 0.29) is 0 Å². The molecule has 2 N–H and O–H groups in total. The Bertz CT molecular complexity index is 499. The average molecular weight is 301 g/mol. The molecule has 0 bridgehead atoms. The lowest BCUT2D eigenvalue weighted by Crippen LogP contribution is -1.80. The van der Waals surface area contributed by atoms with Gasteiger partial charge in [-0.3, -0.25) is 0 Å². The van der Waals surface area contributed by atoms with E-state index in [0.29, 0.717) is 5.13 Å². The summed E-state index contributed by atoms with van der Waals surface area (Å²) < 4.78 is 1.15. The predicted molar refractivity (Wildman–Crippen MR) is 72.2 cm³/mol. The van der Waals surface area contributed by atoms with Crippen LogP contribution < -0.4 is 5.73 Å². The van der Waals surface area contributed by atoms with E-state index < -0.39 is 0 Å². The fourth-order valence-corrected chi connectivity index (χ4v) is 3.41. The van der Waals surface area contributed by atoms with E-state index >= 15 is 0 Å². The van der Waals surface area contributed by atoms with Gasteiger partial charge < -0.3 is 5.73 Å². The summed E-state index contributed by atoms with van der Waals surface area (Å²) in [6, 6.07) is 2.10. The second kappa shape index (κ2) is 4.47. The van der Waals surface area contributed by atoms with Gasteiger partial charge in [0, 0.05) is 10.3 Å². The third kappa shape index (κ3) is 2.68. The minimum Gasteiger partial charge on any atom is -0.375 e. The normalized spacial score (nSPS) is 11.3. The van der Waals surface area contributed by atoms with E-state index in [4.69, 9.17) is 5.73 Å². The van der Waals surface area contributed by atoms with Crippen LogP contribution in [0.1, 0.15) is 16.1 Å². The number of nitrogens with zero attached hydrogens (tertiary/aromatic N) is 1. The van der Waals surface area contributed by atoms with Crippen LogP contribution in [-0.2, 0) is 0 Å². The van der Waals surface area contributed by atoms with E-state index in [9.17, 15) is 0 Å². The van der Waals surface area contributed by atoms with Gasteiger partial charge in [-0.25, -0.2) is 4.98 Å². The quantitative estimate of drug-likeness (QED) is 0.909. The first kappa shape index (κ1) is 10.9. The number of anilines is 1. The Balaban J connectivity index is 2.21. The van der Waals surface area contributed by atoms with E-state index in [2.05, 4.69) is 40.0 Å². The number of thiazole rings is 1. The van der Waals surface area contributed by atoms with Crippen LogP contribution in [0.25, 0.3) is 12.2 Å². The summed E-state index contributed by atoms with van der Waals surface area (Å²) in [5, 5.41) is 2.56. The summed E-state index contributed by atoms with van der Waals surface area (Å²) in [7, 11) is 0. The fraction of sp³-hybridized carbons (Fsp3) is 0.100. The Hall–Kier alpha value is -0.650. The number of nitrogen functional groups attached to an aromatic ring is 1. The molecular formula is C10H9BrN2S2. The summed E-state index contributed by atoms with van der Waals surface area (Å²) in [5.41, 5.74) is 7.69. The Morgan fingerprint density at radius 2 is 2.27 bits per heavy atom. The SMILES string of the molecule is Cc1sc(Br)cc1C=Cc1csc(N)n1. The number of aryl methyl sites for hydroxylation is 1. The van der Waals surface area contributed by atoms with Crippen molar-refractivity contribution in [2.75, 3.05) is 5.73 Å². The van der Waals surface area contributed by atoms with Crippen molar-refractivity contribution in [3.8, 4) is 0 Å². The van der Waals surface area contributed by atoms with Crippen molar-refractivity contribution in [3.63, 3.8) is 0 Å². The monoisotopic (exact) mass is 300 g/mol. The molecule has 15 heavy (non-hydrogen) atoms. The maximum absolute atomic E-state index is 5.55. The lowest BCUT2D eigenvalue weighted by molar-refractivity contribution is 1.39. The van der Waals surface area contributed by atoms with E-state index in [1.54, 1.807) is 11.3 Å². The summed E-state index contributed by atoms with van der Waals surface area (Å²) in [5.74, 6) is 0. The van der Waals surface area contributed by atoms with Crippen LogP contribution in [0, 0.1) is 6.92 Å². The predicted octanol–water partition coefficient (Wildman–Crippen LogP) is 4.03. The van der Waals surface area contributed by atoms with Crippen molar-refractivity contribution in [3.05, 3.63) is 31.4 Å². The van der Waals surface area contributed by atoms with Gasteiger partial charge >= 0.3 is 0 Å². The number of hydrogen-bond donors (Lipinski definition) is 1. The summed E-state index contributed by atoms with van der Waals surface area (Å²) in [6.45, 7) is 2.10. The molecule has 0 unspecified atom stereocenters. The molecule has 78 valence electrons. The van der Waals surface area contributed by atoms with Gasteiger partial charge in [-0.2, -0.15) is 0 Å². The molecule has 2 nitrogen and oxygen atoms in total. The van der Waals surface area contributed by atoms with Crippen LogP contribution in [0.2, 0.25) is 0 Å². The summed E-state index contributed by atoms with van der Waals surface area (Å²) in [6.07, 6.45) is 4.04. The molecule has 2 rings (SSSR count). The highest BCUT2D eigenvalue weighted by molar-refractivity contribution is 9.11. The van der Waals surface area contributed by atoms with Gasteiger partial charge in [-0.15, -0.1) is 22.7 Å². The van der Waals surface area contributed by atoms with E-state index in [1.807, 2.05) is 11.5 Å². The highest BCUT2D eigenvalue weighted by Crippen LogP contribution is 2.27. The molecule has 0 amide bonds. The molecule has 0 aliphatic carbocycles. The Morgan fingerprint density at radius 3 is 2.80 bits per heavy atom. The van der Waals surface area contributed by atoms with Crippen LogP contribution >= 0.6 is 38.6 Å². The lowest BCUT2D eigenvalue weighted by atomic mass is 10.2. The number of nitrogens with two attached hydrogens (primary N) is 1. The zero-order chi connectivity index (χ0) is 10.8. The van der Waals surface area contributed by atoms with Crippen LogP contribution in [-0.4, -0.2) is 4.98 Å². The fourth-order valence-electron chi connectivity index (χ4n) is 1.18. The highest BCUT2D eigenvalue weighted by atomic mass is 79.9. The van der Waals surface area contributed by atoms with E-state index in [1.165, 1.54) is 21.8 Å². The molecule has 0 atom stereocenters. The zero-order valence-electron chi connectivity index (χ0n) is 8.03. The number of rotatable bonds is 2. The van der Waals surface area contributed by atoms with Gasteiger partial charge in [0.05, 0.1) is 9.48 Å². The molecule has 0 aliphatic rings. The minimum absolute atomic E-state index is 0.609. The number of aromatic nitrogens is 1. The lowest BCUT2D eigenvalue weighted by Gasteiger charge is -1.87. The number of hydrogen-bond acceptors (Lipinski definition) is 4. The molecule has 2 heterocycles. The van der Waals surface area contributed by atoms with Gasteiger partial charge in [0.2, 0.25) is 0 Å². The maximum atomic E-state index is 5.55. The highest BCUT2D eigenvalue weighted by Gasteiger charge is 2.00. The van der Waals surface area contributed by atoms with Crippen molar-refractivity contribution in [1.29, 1.82) is 0 Å². The number of halogens is 1. The molecule has 2 aromatic rings. The zero-order valence-corrected chi connectivity index (χ0v) is 11.2. The van der Waals surface area contributed by atoms with E-state index in [0.717, 1.165) is 9.48 Å². The second-order valence-electron chi connectivity index (χ2n) is 3.01. The van der Waals surface area contributed by atoms with Crippen LogP contribution in [0.15, 0.2) is 15.2 Å². The molecule has 0 saturated carbocycles. The first-order valence-corrected chi connectivity index (χ1v) is 6.79.